The van der Waals surface area contributed by atoms with E-state index in [0.717, 1.165) is 0 Å². The van der Waals surface area contributed by atoms with Gasteiger partial charge in [-0.1, -0.05) is 0 Å². The van der Waals surface area contributed by atoms with Crippen LogP contribution in [0.4, 0.5) is 0 Å². The van der Waals surface area contributed by atoms with Crippen molar-refractivity contribution < 1.29 is 50.4 Å². The molecule has 3 N–H and O–H groups in total. The molecular formula is C4H8NNaO4. The molecule has 0 saturated carbocycles. The van der Waals surface area contributed by atoms with E-state index < -0.39 is 18.5 Å². The fourth-order valence-electron chi connectivity index (χ4n) is 0.201. The largest absolute Gasteiger partial charge is 1.00 e. The molecule has 0 unspecified atom stereocenters. The van der Waals surface area contributed by atoms with Gasteiger partial charge in [-0.05, 0) is 0 Å². The number of carbonyl (C=O) groups is 2. The van der Waals surface area contributed by atoms with Crippen molar-refractivity contribution in [1.82, 2.24) is 0 Å². The molecule has 0 fully saturated rings. The Balaban J connectivity index is -0.000000320. The van der Waals surface area contributed by atoms with Crippen LogP contribution in [-0.2, 0) is 14.3 Å². The molecule has 0 amide bonds. The van der Waals surface area contributed by atoms with Gasteiger partial charge in [0.15, 0.2) is 6.61 Å². The maximum absolute atomic E-state index is 10.1. The second kappa shape index (κ2) is 7.01. The molecule has 5 nitrogen and oxygen atoms in total. The Bertz CT molecular complexity index is 131. The van der Waals surface area contributed by atoms with E-state index in [9.17, 15) is 9.59 Å². The van der Waals surface area contributed by atoms with Crippen molar-refractivity contribution in [2.75, 3.05) is 13.2 Å². The molecule has 0 aliphatic rings. The summed E-state index contributed by atoms with van der Waals surface area (Å²) in [4.78, 5) is 19.8. The molecule has 54 valence electrons. The predicted molar refractivity (Wildman–Crippen MR) is 28.8 cm³/mol. The Hall–Kier alpha value is -0.100. The van der Waals surface area contributed by atoms with Crippen molar-refractivity contribution in [2.45, 2.75) is 0 Å². The maximum atomic E-state index is 10.1. The van der Waals surface area contributed by atoms with Gasteiger partial charge in [0.05, 0.1) is 6.54 Å². The summed E-state index contributed by atoms with van der Waals surface area (Å²) in [7, 11) is 0. The first-order valence-corrected chi connectivity index (χ1v) is 2.24. The number of hydrogen-bond acceptors (Lipinski definition) is 4. The zero-order valence-corrected chi connectivity index (χ0v) is 7.66. The van der Waals surface area contributed by atoms with Crippen LogP contribution in [0.5, 0.6) is 0 Å². The fourth-order valence-corrected chi connectivity index (χ4v) is 0.201. The molecule has 0 spiro atoms. The van der Waals surface area contributed by atoms with Crippen LogP contribution in [0.15, 0.2) is 0 Å². The van der Waals surface area contributed by atoms with Crippen LogP contribution in [0.2, 0.25) is 0 Å². The molecule has 0 radical (unpaired) electrons. The first-order valence-electron chi connectivity index (χ1n) is 2.24. The van der Waals surface area contributed by atoms with Crippen LogP contribution in [0.1, 0.15) is 1.43 Å². The van der Waals surface area contributed by atoms with Crippen molar-refractivity contribution >= 4 is 11.9 Å². The van der Waals surface area contributed by atoms with Gasteiger partial charge < -0.3 is 17.0 Å². The molecular weight excluding hydrogens is 149 g/mol. The summed E-state index contributed by atoms with van der Waals surface area (Å²) in [5, 5.41) is 7.94. The molecule has 0 aliphatic carbocycles. The third-order valence-electron chi connectivity index (χ3n) is 0.523. The van der Waals surface area contributed by atoms with E-state index in [2.05, 4.69) is 4.74 Å². The van der Waals surface area contributed by atoms with E-state index in [4.69, 9.17) is 10.8 Å². The number of aliphatic carboxylic acids is 1. The topological polar surface area (TPSA) is 89.6 Å². The van der Waals surface area contributed by atoms with Gasteiger partial charge in [0.2, 0.25) is 0 Å². The number of rotatable bonds is 3. The predicted octanol–water partition coefficient (Wildman–Crippen LogP) is -4.31. The van der Waals surface area contributed by atoms with Crippen LogP contribution >= 0.6 is 0 Å². The van der Waals surface area contributed by atoms with Crippen LogP contribution in [0.3, 0.4) is 0 Å². The molecule has 0 aromatic rings. The monoisotopic (exact) mass is 157 g/mol. The van der Waals surface area contributed by atoms with Crippen molar-refractivity contribution in [3.05, 3.63) is 0 Å². The number of carboxylic acids is 1. The smallest absolute Gasteiger partial charge is 1.00 e. The van der Waals surface area contributed by atoms with Crippen molar-refractivity contribution in [1.29, 1.82) is 0 Å². The van der Waals surface area contributed by atoms with Crippen LogP contribution in [0, 0.1) is 0 Å². The van der Waals surface area contributed by atoms with Gasteiger partial charge in [0.25, 0.3) is 0 Å². The zero-order chi connectivity index (χ0) is 7.28. The summed E-state index contributed by atoms with van der Waals surface area (Å²) in [6.45, 7) is -0.899. The quantitative estimate of drug-likeness (QED) is 0.319. The second-order valence-corrected chi connectivity index (χ2v) is 1.26. The summed E-state index contributed by atoms with van der Waals surface area (Å²) in [6, 6.07) is 0. The average molecular weight is 157 g/mol. The third kappa shape index (κ3) is 7.90. The van der Waals surface area contributed by atoms with Crippen LogP contribution in [0.25, 0.3) is 0 Å². The third-order valence-corrected chi connectivity index (χ3v) is 0.523. The molecule has 0 saturated heterocycles. The molecule has 0 heterocycles. The summed E-state index contributed by atoms with van der Waals surface area (Å²) in [5.74, 6) is -1.89. The number of carboxylic acid groups (broad SMARTS) is 1. The zero-order valence-electron chi connectivity index (χ0n) is 6.66. The van der Waals surface area contributed by atoms with Gasteiger partial charge in [-0.25, -0.2) is 4.79 Å². The second-order valence-electron chi connectivity index (χ2n) is 1.26. The van der Waals surface area contributed by atoms with Crippen LogP contribution < -0.4 is 35.3 Å². The Labute approximate surface area is 81.3 Å². The molecule has 0 atom stereocenters. The summed E-state index contributed by atoms with van der Waals surface area (Å²) >= 11 is 0. The normalized spacial score (nSPS) is 7.70. The molecule has 0 rings (SSSR count). The minimum absolute atomic E-state index is 0. The molecule has 10 heavy (non-hydrogen) atoms. The number of nitrogens with two attached hydrogens (primary N) is 1. The molecule has 0 bridgehead atoms. The minimum atomic E-state index is -1.18. The Morgan fingerprint density at radius 3 is 2.40 bits per heavy atom. The SMILES string of the molecule is NCC(=O)OCC(=O)O.[H-].[Na+]. The number of hydrogen-bond donors (Lipinski definition) is 2. The summed E-state index contributed by atoms with van der Waals surface area (Å²) < 4.78 is 4.09. The van der Waals surface area contributed by atoms with Gasteiger partial charge in [-0.2, -0.15) is 0 Å². The van der Waals surface area contributed by atoms with Gasteiger partial charge >= 0.3 is 41.5 Å². The van der Waals surface area contributed by atoms with E-state index in [1.165, 1.54) is 0 Å². The van der Waals surface area contributed by atoms with Gasteiger partial charge in [-0.15, -0.1) is 0 Å². The fraction of sp³-hybridized carbons (Fsp3) is 0.500. The van der Waals surface area contributed by atoms with Crippen molar-refractivity contribution in [2.24, 2.45) is 5.73 Å². The van der Waals surface area contributed by atoms with Gasteiger partial charge in [0.1, 0.15) is 0 Å². The minimum Gasteiger partial charge on any atom is -1.00 e. The maximum Gasteiger partial charge on any atom is 1.00 e. The molecule has 6 heteroatoms. The average Bonchev–Trinajstić information content (AvgIpc) is 1.83. The van der Waals surface area contributed by atoms with Crippen LogP contribution in [-0.4, -0.2) is 30.2 Å². The number of carbonyl (C=O) groups excluding carboxylic acids is 1. The van der Waals surface area contributed by atoms with E-state index in [-0.39, 0.29) is 37.5 Å². The van der Waals surface area contributed by atoms with Crippen molar-refractivity contribution in [3.8, 4) is 0 Å². The van der Waals surface area contributed by atoms with E-state index >= 15 is 0 Å². The van der Waals surface area contributed by atoms with E-state index in [1.54, 1.807) is 0 Å². The molecule has 0 aromatic carbocycles. The van der Waals surface area contributed by atoms with Gasteiger partial charge in [-0.3, -0.25) is 4.79 Å². The Morgan fingerprint density at radius 2 is 2.10 bits per heavy atom. The van der Waals surface area contributed by atoms with E-state index in [1.807, 2.05) is 0 Å². The first-order chi connectivity index (χ1) is 4.16. The molecule has 0 aliphatic heterocycles. The number of esters is 1. The summed E-state index contributed by atoms with van der Waals surface area (Å²) in [6.07, 6.45) is 0. The van der Waals surface area contributed by atoms with Gasteiger partial charge in [0, 0.05) is 0 Å². The van der Waals surface area contributed by atoms with Crippen molar-refractivity contribution in [3.63, 3.8) is 0 Å². The number of ether oxygens (including phenoxy) is 1. The Morgan fingerprint density at radius 1 is 1.60 bits per heavy atom. The standard InChI is InChI=1S/C4H7NO4.Na.H/c5-1-4(8)9-2-3(6)7;;/h1-2,5H2,(H,6,7);;/q;+1;-1. The molecule has 0 aromatic heterocycles. The summed E-state index contributed by atoms with van der Waals surface area (Å²) in [5.41, 5.74) is 4.79. The Kier molecular flexibility index (Phi) is 8.81. The first kappa shape index (κ1) is 12.6. The van der Waals surface area contributed by atoms with E-state index in [0.29, 0.717) is 0 Å².